The van der Waals surface area contributed by atoms with Crippen LogP contribution in [0.15, 0.2) is 18.2 Å². The number of rotatable bonds is 3. The molecular formula is C10H10ClN3O2S. The van der Waals surface area contributed by atoms with Gasteiger partial charge in [-0.05, 0) is 18.2 Å². The van der Waals surface area contributed by atoms with Crippen molar-refractivity contribution in [2.75, 3.05) is 19.2 Å². The zero-order chi connectivity index (χ0) is 12.3. The van der Waals surface area contributed by atoms with Crippen LogP contribution in [0.4, 0.5) is 9.93 Å². The average molecular weight is 272 g/mol. The van der Waals surface area contributed by atoms with Crippen LogP contribution >= 0.6 is 22.9 Å². The summed E-state index contributed by atoms with van der Waals surface area (Å²) in [5.74, 6) is 0. The lowest BCUT2D eigenvalue weighted by atomic mass is 10.3. The number of aromatic nitrogens is 1. The van der Waals surface area contributed by atoms with E-state index in [1.54, 1.807) is 6.07 Å². The topological polar surface area (TPSA) is 63.2 Å². The second-order valence-corrected chi connectivity index (χ2v) is 4.66. The first-order valence-electron chi connectivity index (χ1n) is 4.79. The number of nitrogens with one attached hydrogen (secondary N) is 2. The van der Waals surface area contributed by atoms with Gasteiger partial charge < -0.3 is 10.1 Å². The van der Waals surface area contributed by atoms with Gasteiger partial charge in [0, 0.05) is 12.1 Å². The lowest BCUT2D eigenvalue weighted by molar-refractivity contribution is 0.177. The molecule has 17 heavy (non-hydrogen) atoms. The van der Waals surface area contributed by atoms with Gasteiger partial charge in [0.05, 0.1) is 10.2 Å². The molecule has 7 heteroatoms. The van der Waals surface area contributed by atoms with Gasteiger partial charge in [0.25, 0.3) is 0 Å². The van der Waals surface area contributed by atoms with Gasteiger partial charge in [-0.2, -0.15) is 0 Å². The molecule has 0 saturated heterocycles. The smallest absolute Gasteiger partial charge is 0.322 e. The van der Waals surface area contributed by atoms with Gasteiger partial charge in [-0.1, -0.05) is 22.9 Å². The summed E-state index contributed by atoms with van der Waals surface area (Å²) in [5.41, 5.74) is 0.807. The first-order valence-corrected chi connectivity index (χ1v) is 5.98. The summed E-state index contributed by atoms with van der Waals surface area (Å²) in [6, 6.07) is 5.04. The third kappa shape index (κ3) is 3.06. The molecule has 0 bridgehead atoms. The van der Waals surface area contributed by atoms with Crippen LogP contribution in [0.5, 0.6) is 0 Å². The Bertz CT molecular complexity index is 543. The molecule has 2 rings (SSSR count). The number of thiazole rings is 1. The highest BCUT2D eigenvalue weighted by atomic mass is 35.5. The van der Waals surface area contributed by atoms with Crippen LogP contribution in [0.1, 0.15) is 0 Å². The number of carbonyl (C=O) groups excluding carboxylic acids is 1. The number of fused-ring (bicyclic) bond motifs is 1. The zero-order valence-electron chi connectivity index (χ0n) is 8.99. The number of ether oxygens (including phenoxy) is 1. The predicted molar refractivity (Wildman–Crippen MR) is 68.7 cm³/mol. The molecule has 1 heterocycles. The van der Waals surface area contributed by atoms with E-state index in [4.69, 9.17) is 16.3 Å². The van der Waals surface area contributed by atoms with E-state index in [2.05, 4.69) is 15.6 Å². The summed E-state index contributed by atoms with van der Waals surface area (Å²) >= 11 is 7.23. The Kier molecular flexibility index (Phi) is 3.78. The fourth-order valence-electron chi connectivity index (χ4n) is 1.23. The number of hydrogen-bond donors (Lipinski definition) is 2. The van der Waals surface area contributed by atoms with Crippen LogP contribution in [0.2, 0.25) is 5.02 Å². The summed E-state index contributed by atoms with van der Waals surface area (Å²) in [4.78, 5) is 15.6. The maximum Gasteiger partial charge on any atom is 0.322 e. The molecule has 0 aliphatic heterocycles. The highest BCUT2D eigenvalue weighted by molar-refractivity contribution is 7.22. The van der Waals surface area contributed by atoms with Gasteiger partial charge in [-0.15, -0.1) is 0 Å². The third-order valence-corrected chi connectivity index (χ3v) is 3.12. The summed E-state index contributed by atoms with van der Waals surface area (Å²) < 4.78 is 5.65. The minimum atomic E-state index is -0.350. The van der Waals surface area contributed by atoms with E-state index in [0.29, 0.717) is 10.2 Å². The first-order chi connectivity index (χ1) is 8.19. The van der Waals surface area contributed by atoms with Crippen LogP contribution in [0, 0.1) is 0 Å². The van der Waals surface area contributed by atoms with E-state index >= 15 is 0 Å². The standard InChI is InChI=1S/C10H10ClN3O2S/c1-16-5-12-9(15)14-10-13-7-3-2-6(11)4-8(7)17-10/h2-4H,5H2,1H3,(H2,12,13,14,15). The van der Waals surface area contributed by atoms with Gasteiger partial charge in [0.15, 0.2) is 5.13 Å². The van der Waals surface area contributed by atoms with Crippen molar-refractivity contribution < 1.29 is 9.53 Å². The van der Waals surface area contributed by atoms with E-state index in [1.807, 2.05) is 12.1 Å². The van der Waals surface area contributed by atoms with Crippen molar-refractivity contribution in [2.45, 2.75) is 0 Å². The maximum absolute atomic E-state index is 11.4. The minimum absolute atomic E-state index is 0.155. The highest BCUT2D eigenvalue weighted by Crippen LogP contribution is 2.28. The van der Waals surface area contributed by atoms with E-state index < -0.39 is 0 Å². The molecule has 0 saturated carbocycles. The molecule has 2 amide bonds. The van der Waals surface area contributed by atoms with Gasteiger partial charge in [0.2, 0.25) is 0 Å². The molecule has 2 N–H and O–H groups in total. The second-order valence-electron chi connectivity index (χ2n) is 3.19. The fraction of sp³-hybridized carbons (Fsp3) is 0.200. The predicted octanol–water partition coefficient (Wildman–Crippen LogP) is 2.68. The maximum atomic E-state index is 11.4. The number of carbonyl (C=O) groups is 1. The number of nitrogens with zero attached hydrogens (tertiary/aromatic N) is 1. The molecule has 0 atom stereocenters. The molecule has 90 valence electrons. The number of amides is 2. The molecule has 1 aromatic heterocycles. The largest absolute Gasteiger partial charge is 0.364 e. The summed E-state index contributed by atoms with van der Waals surface area (Å²) in [7, 11) is 1.50. The Hall–Kier alpha value is -1.37. The van der Waals surface area contributed by atoms with Gasteiger partial charge in [0.1, 0.15) is 6.73 Å². The van der Waals surface area contributed by atoms with Gasteiger partial charge in [-0.25, -0.2) is 9.78 Å². The van der Waals surface area contributed by atoms with Crippen molar-refractivity contribution in [2.24, 2.45) is 0 Å². The number of urea groups is 1. The van der Waals surface area contributed by atoms with E-state index in [0.717, 1.165) is 10.2 Å². The quantitative estimate of drug-likeness (QED) is 0.844. The zero-order valence-corrected chi connectivity index (χ0v) is 10.6. The van der Waals surface area contributed by atoms with E-state index in [9.17, 15) is 4.79 Å². The molecule has 0 aliphatic rings. The third-order valence-electron chi connectivity index (χ3n) is 1.95. The highest BCUT2D eigenvalue weighted by Gasteiger charge is 2.07. The number of methoxy groups -OCH3 is 1. The molecule has 0 radical (unpaired) electrons. The number of hydrogen-bond acceptors (Lipinski definition) is 4. The van der Waals surface area contributed by atoms with Crippen LogP contribution in [-0.2, 0) is 4.74 Å². The molecule has 0 aliphatic carbocycles. The normalized spacial score (nSPS) is 10.5. The van der Waals surface area contributed by atoms with Crippen molar-refractivity contribution in [1.82, 2.24) is 10.3 Å². The first kappa shape index (κ1) is 12.1. The van der Waals surface area contributed by atoms with Gasteiger partial charge >= 0.3 is 6.03 Å². The number of halogens is 1. The molecule has 0 fully saturated rings. The lowest BCUT2D eigenvalue weighted by Gasteiger charge is -2.02. The molecule has 2 aromatic rings. The van der Waals surface area contributed by atoms with Crippen LogP contribution in [-0.4, -0.2) is 24.9 Å². The fourth-order valence-corrected chi connectivity index (χ4v) is 2.37. The second kappa shape index (κ2) is 5.31. The number of benzene rings is 1. The Morgan fingerprint density at radius 2 is 2.41 bits per heavy atom. The van der Waals surface area contributed by atoms with Crippen LogP contribution in [0.3, 0.4) is 0 Å². The lowest BCUT2D eigenvalue weighted by Crippen LogP contribution is -2.30. The minimum Gasteiger partial charge on any atom is -0.364 e. The average Bonchev–Trinajstić information content (AvgIpc) is 2.67. The molecular weight excluding hydrogens is 262 g/mol. The summed E-state index contributed by atoms with van der Waals surface area (Å²) in [6.45, 7) is 0.155. The Morgan fingerprint density at radius 1 is 1.59 bits per heavy atom. The van der Waals surface area contributed by atoms with Crippen molar-refractivity contribution in [3.05, 3.63) is 23.2 Å². The van der Waals surface area contributed by atoms with Crippen molar-refractivity contribution in [3.8, 4) is 0 Å². The molecule has 0 unspecified atom stereocenters. The monoisotopic (exact) mass is 271 g/mol. The van der Waals surface area contributed by atoms with Crippen molar-refractivity contribution in [3.63, 3.8) is 0 Å². The summed E-state index contributed by atoms with van der Waals surface area (Å²) in [6.07, 6.45) is 0. The van der Waals surface area contributed by atoms with E-state index in [1.165, 1.54) is 18.4 Å². The Labute approximate surface area is 107 Å². The SMILES string of the molecule is COCNC(=O)Nc1nc2ccc(Cl)cc2s1. The van der Waals surface area contributed by atoms with E-state index in [-0.39, 0.29) is 12.8 Å². The van der Waals surface area contributed by atoms with Crippen molar-refractivity contribution >= 4 is 44.3 Å². The molecule has 1 aromatic carbocycles. The molecule has 5 nitrogen and oxygen atoms in total. The van der Waals surface area contributed by atoms with Crippen LogP contribution in [0.25, 0.3) is 10.2 Å². The molecule has 0 spiro atoms. The van der Waals surface area contributed by atoms with Gasteiger partial charge in [-0.3, -0.25) is 5.32 Å². The Morgan fingerprint density at radius 3 is 3.18 bits per heavy atom. The van der Waals surface area contributed by atoms with Crippen LogP contribution < -0.4 is 10.6 Å². The Balaban J connectivity index is 2.11. The van der Waals surface area contributed by atoms with Crippen molar-refractivity contribution in [1.29, 1.82) is 0 Å². The number of anilines is 1. The summed E-state index contributed by atoms with van der Waals surface area (Å²) in [5, 5.41) is 6.30.